The van der Waals surface area contributed by atoms with E-state index in [4.69, 9.17) is 42.6 Å². The molecular formula is C89H111N5O23. The lowest BCUT2D eigenvalue weighted by Gasteiger charge is -2.67. The maximum Gasteiger partial charge on any atom is 0.408 e. The van der Waals surface area contributed by atoms with E-state index in [0.717, 1.165) is 40.3 Å². The number of alkyl carbamates (subject to hydrolysis) is 1. The molecule has 8 N–H and O–H groups in total. The third-order valence-electron chi connectivity index (χ3n) is 28.2. The van der Waals surface area contributed by atoms with Gasteiger partial charge in [-0.15, -0.1) is 0 Å². The summed E-state index contributed by atoms with van der Waals surface area (Å²) in [5.41, 5.74) is -9.76. The first kappa shape index (κ1) is 84.4. The van der Waals surface area contributed by atoms with Gasteiger partial charge in [-0.3, -0.25) is 29.0 Å². The number of carbonyl (C=O) groups is 8. The summed E-state index contributed by atoms with van der Waals surface area (Å²) < 4.78 is 53.4. The third kappa shape index (κ3) is 13.0. The van der Waals surface area contributed by atoms with Crippen molar-refractivity contribution in [3.63, 3.8) is 0 Å². The number of hydrogen-bond donors (Lipinski definition) is 8. The van der Waals surface area contributed by atoms with E-state index in [2.05, 4.69) is 44.4 Å². The average molecular weight is 1620 g/mol. The molecule has 2 unspecified atom stereocenters. The molecule has 0 radical (unpaired) electrons. The number of aliphatic hydroxyl groups is 6. The zero-order valence-electron chi connectivity index (χ0n) is 69.2. The van der Waals surface area contributed by atoms with E-state index in [9.17, 15) is 64.2 Å². The summed E-state index contributed by atoms with van der Waals surface area (Å²) in [4.78, 5) is 122. The number of esters is 6. The quantitative estimate of drug-likeness (QED) is 0.0290. The highest BCUT2D eigenvalue weighted by Gasteiger charge is 2.82. The number of aromatic amines is 1. The highest BCUT2D eigenvalue weighted by molar-refractivity contribution is 5.96. The Hall–Kier alpha value is -9.10. The van der Waals surface area contributed by atoms with E-state index < -0.39 is 170 Å². The Balaban J connectivity index is 0.000000193. The van der Waals surface area contributed by atoms with E-state index in [-0.39, 0.29) is 41.7 Å². The summed E-state index contributed by atoms with van der Waals surface area (Å²) in [6, 6.07) is 25.6. The van der Waals surface area contributed by atoms with E-state index in [0.29, 0.717) is 88.1 Å². The number of rotatable bonds is 15. The number of nitrogens with zero attached hydrogens (tertiary/aromatic N) is 3. The molecule has 117 heavy (non-hydrogen) atoms. The summed E-state index contributed by atoms with van der Waals surface area (Å²) in [7, 11) is 6.15. The van der Waals surface area contributed by atoms with E-state index in [1.807, 2.05) is 50.1 Å². The molecule has 4 bridgehead atoms. The molecule has 3 saturated heterocycles. The number of benzene rings is 4. The Kier molecular flexibility index (Phi) is 21.8. The van der Waals surface area contributed by atoms with Gasteiger partial charge in [0, 0.05) is 116 Å². The minimum Gasteiger partial charge on any atom is -0.496 e. The van der Waals surface area contributed by atoms with Gasteiger partial charge in [0.2, 0.25) is 5.60 Å². The first-order chi connectivity index (χ1) is 55.2. The van der Waals surface area contributed by atoms with Gasteiger partial charge in [-0.05, 0) is 138 Å². The van der Waals surface area contributed by atoms with Crippen LogP contribution in [0, 0.1) is 28.1 Å². The average Bonchev–Trinajstić information content (AvgIpc) is 1.65. The van der Waals surface area contributed by atoms with Gasteiger partial charge < -0.3 is 88.5 Å². The molecule has 28 heteroatoms. The van der Waals surface area contributed by atoms with Crippen LogP contribution in [0.3, 0.4) is 0 Å². The summed E-state index contributed by atoms with van der Waals surface area (Å²) in [6.07, 6.45) is -5.54. The fourth-order valence-corrected chi connectivity index (χ4v) is 23.1. The third-order valence-corrected chi connectivity index (χ3v) is 28.2. The molecule has 10 aliphatic rings. The Labute approximate surface area is 680 Å². The van der Waals surface area contributed by atoms with Crippen molar-refractivity contribution in [1.29, 1.82) is 0 Å². The predicted octanol–water partition coefficient (Wildman–Crippen LogP) is 7.25. The molecule has 4 aromatic carbocycles. The van der Waals surface area contributed by atoms with E-state index in [1.54, 1.807) is 90.3 Å². The molecule has 1 amide bonds. The number of ketones is 1. The maximum absolute atomic E-state index is 15.3. The second kappa shape index (κ2) is 30.3. The lowest BCUT2D eigenvalue weighted by Crippen LogP contribution is -2.81. The smallest absolute Gasteiger partial charge is 0.408 e. The normalized spacial score (nSPS) is 35.3. The highest BCUT2D eigenvalue weighted by atomic mass is 16.6. The van der Waals surface area contributed by atoms with Gasteiger partial charge in [0.25, 0.3) is 0 Å². The van der Waals surface area contributed by atoms with Gasteiger partial charge in [-0.2, -0.15) is 0 Å². The predicted molar refractivity (Wildman–Crippen MR) is 424 cm³/mol. The van der Waals surface area contributed by atoms with Crippen molar-refractivity contribution >= 4 is 64.3 Å². The van der Waals surface area contributed by atoms with Crippen LogP contribution in [0.25, 0.3) is 10.9 Å². The van der Waals surface area contributed by atoms with Gasteiger partial charge >= 0.3 is 41.9 Å². The number of methoxy groups -OCH3 is 3. The molecule has 1 aromatic heterocycles. The van der Waals surface area contributed by atoms with Gasteiger partial charge in [0.1, 0.15) is 46.8 Å². The number of amides is 1. The van der Waals surface area contributed by atoms with Crippen LogP contribution in [0.5, 0.6) is 5.75 Å². The van der Waals surface area contributed by atoms with Crippen molar-refractivity contribution in [3.8, 4) is 5.75 Å². The lowest BCUT2D eigenvalue weighted by molar-refractivity contribution is -0.346. The number of Topliss-reactive ketones (excluding diaryl/α,β-unsaturated/α-hetero) is 1. The van der Waals surface area contributed by atoms with E-state index in [1.165, 1.54) is 47.1 Å². The molecule has 6 fully saturated rings. The molecule has 15 rings (SSSR count). The van der Waals surface area contributed by atoms with Crippen LogP contribution < -0.4 is 15.0 Å². The van der Waals surface area contributed by atoms with Crippen molar-refractivity contribution in [2.45, 2.75) is 227 Å². The summed E-state index contributed by atoms with van der Waals surface area (Å²) in [5.74, 6) is -6.93. The van der Waals surface area contributed by atoms with Crippen molar-refractivity contribution in [3.05, 3.63) is 154 Å². The number of ether oxygens (including phenoxy) is 9. The molecule has 4 aliphatic carbocycles. The monoisotopic (exact) mass is 1620 g/mol. The number of anilines is 1. The zero-order chi connectivity index (χ0) is 84.6. The molecule has 28 nitrogen and oxygen atoms in total. The summed E-state index contributed by atoms with van der Waals surface area (Å²) in [5, 5.41) is 77.9. The number of aliphatic hydroxyl groups excluding tert-OH is 3. The molecule has 21 atom stereocenters. The van der Waals surface area contributed by atoms with Gasteiger partial charge in [0.15, 0.2) is 23.6 Å². The van der Waals surface area contributed by atoms with Crippen LogP contribution >= 0.6 is 0 Å². The summed E-state index contributed by atoms with van der Waals surface area (Å²) in [6.45, 7) is 20.4. The minimum absolute atomic E-state index is 0.0637. The Morgan fingerprint density at radius 2 is 1.47 bits per heavy atom. The first-order valence-electron chi connectivity index (χ1n) is 40.5. The second-order valence-electron chi connectivity index (χ2n) is 35.8. The number of para-hydroxylation sites is 1. The fourth-order valence-electron chi connectivity index (χ4n) is 23.1. The van der Waals surface area contributed by atoms with Crippen molar-refractivity contribution in [1.82, 2.24) is 20.1 Å². The van der Waals surface area contributed by atoms with Crippen LogP contribution in [0.4, 0.5) is 10.5 Å². The van der Waals surface area contributed by atoms with Crippen molar-refractivity contribution < 1.29 is 112 Å². The second-order valence-corrected chi connectivity index (χ2v) is 35.8. The van der Waals surface area contributed by atoms with Crippen LogP contribution in [-0.4, -0.2) is 244 Å². The number of likely N-dealkylation sites (N-methyl/N-ethyl adjacent to an activating group) is 1. The largest absolute Gasteiger partial charge is 0.496 e. The number of aromatic nitrogens is 1. The zero-order valence-corrected chi connectivity index (χ0v) is 69.2. The first-order valence-corrected chi connectivity index (χ1v) is 40.5. The standard InChI is InChI=1S/C46H58N4O9.C43H53NO14/c1-8-42(54)23-28-24-45(40(52)57-6,36-30(15-19-49(25-28)26-42)29-13-10-11-14-33(29)47-36)32-21-31-34(22-35(32)56-5)48(4)38-44(31)17-20-50-18-12-16-43(9-2,37(44)50)39(59-27(3)51)46(38,55)41(53)58-7;1-22-26(55-37(51)32(48)30(24-15-11-9-12-16-24)44-38(52)58-39(3,4)5)20-43(53)35(56-36(50)25-17-13-10-14-18-25)33-41(8,34(49)31(47)29(22)40(43,6)7)27(46)19-28-42(33,21-54-28)57-23(2)45/h10-14,16,21-22,28,37-39,47,54-55H,8-9,15,17-20,23-26H2,1-7H3;9-18,26-28,30-33,35,46-48,53H,19-21H2,1-8H3,(H,44,52)/t28-,37-,38+,39+,42-,43+,44+,45-,46-;26-,27-,28+,30-,31+,32?,33-,35-,41+,42-,43+/m00/s1. The molecule has 1 spiro atoms. The van der Waals surface area contributed by atoms with Crippen molar-refractivity contribution in [2.75, 3.05) is 72.6 Å². The molecule has 7 heterocycles. The molecule has 3 saturated carbocycles. The number of carbonyl (C=O) groups excluding carboxylic acids is 8. The van der Waals surface area contributed by atoms with Crippen LogP contribution in [0.2, 0.25) is 0 Å². The van der Waals surface area contributed by atoms with Gasteiger partial charge in [0.05, 0.1) is 68.6 Å². The number of H-pyrrole nitrogens is 1. The van der Waals surface area contributed by atoms with Crippen LogP contribution in [0.15, 0.2) is 120 Å². The molecule has 630 valence electrons. The molecule has 6 aliphatic heterocycles. The SMILES string of the molecule is CC(=O)O[C@@]12CO[C@@H]1C[C@H](O)[C@@]1(C)C(=O)[C@H](O)C3=C(C)[C@@H](OC(=O)C(O)[C@@H](NC(=O)OC(C)(C)C)c4ccccc4)C[C@@](O)([C@@H](OC(=O)c4ccccc4)[C@H]21)C3(C)C.CC[C@]1(O)C[C@@H]2CN(CCc3c([nH]c4ccccc34)[C@@](C(=O)OC)(c3cc4c(cc3OC)N(C)[C@H]3[C@@](O)(C(=O)OC)[C@H](OC(C)=O)[C@]5(CC)C=CCN6CC[C@]43[C@@H]65)C2)C1. The van der Waals surface area contributed by atoms with Gasteiger partial charge in [-0.25, -0.2) is 19.2 Å². The fraction of sp³-hybridized carbons (Fsp3) is 0.573. The minimum atomic E-state index is -2.35. The number of nitrogens with one attached hydrogen (secondary N) is 2. The summed E-state index contributed by atoms with van der Waals surface area (Å²) >= 11 is 0. The Morgan fingerprint density at radius 1 is 0.795 bits per heavy atom. The van der Waals surface area contributed by atoms with Gasteiger partial charge in [-0.1, -0.05) is 107 Å². The Bertz CT molecular complexity index is 4830. The Morgan fingerprint density at radius 3 is 2.09 bits per heavy atom. The molecular weight excluding hydrogens is 1510 g/mol. The lowest BCUT2D eigenvalue weighted by atomic mass is 9.44. The maximum atomic E-state index is 15.3. The van der Waals surface area contributed by atoms with Crippen LogP contribution in [-0.2, 0) is 83.9 Å². The number of piperidine rings is 1. The number of fused-ring (bicyclic) bond motifs is 11. The highest BCUT2D eigenvalue weighted by Crippen LogP contribution is 2.70. The number of hydrogen-bond acceptors (Lipinski definition) is 26. The van der Waals surface area contributed by atoms with Crippen molar-refractivity contribution in [2.24, 2.45) is 28.1 Å². The van der Waals surface area contributed by atoms with Crippen LogP contribution in [0.1, 0.15) is 165 Å². The molecule has 5 aromatic rings. The van der Waals surface area contributed by atoms with E-state index >= 15 is 4.79 Å². The topological polar surface area (TPSA) is 379 Å².